The molecule has 0 spiro atoms. The molecule has 3 rings (SSSR count). The molecule has 1 fully saturated rings. The normalized spacial score (nSPS) is 17.3. The average molecular weight is 330 g/mol. The predicted octanol–water partition coefficient (Wildman–Crippen LogP) is 1.93. The first-order chi connectivity index (χ1) is 11.7. The molecule has 0 radical (unpaired) electrons. The van der Waals surface area contributed by atoms with Crippen molar-refractivity contribution in [1.29, 1.82) is 0 Å². The van der Waals surface area contributed by atoms with E-state index >= 15 is 0 Å². The number of nitrogens with zero attached hydrogens (tertiary/aromatic N) is 1. The number of amides is 2. The Morgan fingerprint density at radius 2 is 2.08 bits per heavy atom. The Balaban J connectivity index is 1.49. The van der Waals surface area contributed by atoms with E-state index in [-0.39, 0.29) is 17.7 Å². The molecule has 1 saturated heterocycles. The molecule has 1 aromatic carbocycles. The number of ether oxygens (including phenoxy) is 1. The van der Waals surface area contributed by atoms with Crippen LogP contribution in [-0.2, 0) is 22.4 Å². The maximum atomic E-state index is 12.5. The zero-order chi connectivity index (χ0) is 16.9. The summed E-state index contributed by atoms with van der Waals surface area (Å²) in [5.41, 5.74) is 2.25. The molecule has 2 aliphatic rings. The maximum absolute atomic E-state index is 12.5. The topological polar surface area (TPSA) is 58.6 Å². The minimum absolute atomic E-state index is 0.0535. The number of hydrogen-bond donors (Lipinski definition) is 1. The first-order valence-corrected chi connectivity index (χ1v) is 8.97. The largest absolute Gasteiger partial charge is 0.493 e. The van der Waals surface area contributed by atoms with Crippen molar-refractivity contribution < 1.29 is 14.3 Å². The van der Waals surface area contributed by atoms with Crippen molar-refractivity contribution in [3.63, 3.8) is 0 Å². The molecule has 0 aliphatic carbocycles. The van der Waals surface area contributed by atoms with Crippen LogP contribution in [0.5, 0.6) is 5.75 Å². The molecule has 0 unspecified atom stereocenters. The molecule has 1 N–H and O–H groups in total. The molecule has 130 valence electrons. The van der Waals surface area contributed by atoms with Gasteiger partial charge in [0.25, 0.3) is 0 Å². The van der Waals surface area contributed by atoms with Crippen LogP contribution in [-0.4, -0.2) is 43.0 Å². The fourth-order valence-electron chi connectivity index (χ4n) is 3.42. The summed E-state index contributed by atoms with van der Waals surface area (Å²) in [5, 5.41) is 2.96. The van der Waals surface area contributed by atoms with Crippen LogP contribution >= 0.6 is 0 Å². The van der Waals surface area contributed by atoms with Crippen molar-refractivity contribution in [2.24, 2.45) is 5.92 Å². The van der Waals surface area contributed by atoms with Gasteiger partial charge >= 0.3 is 0 Å². The fourth-order valence-corrected chi connectivity index (χ4v) is 3.42. The molecule has 0 atom stereocenters. The Morgan fingerprint density at radius 3 is 2.83 bits per heavy atom. The lowest BCUT2D eigenvalue weighted by Gasteiger charge is -2.31. The van der Waals surface area contributed by atoms with E-state index < -0.39 is 0 Å². The van der Waals surface area contributed by atoms with Gasteiger partial charge in [-0.3, -0.25) is 9.59 Å². The molecule has 2 heterocycles. The zero-order valence-electron chi connectivity index (χ0n) is 14.3. The van der Waals surface area contributed by atoms with Gasteiger partial charge in [-0.25, -0.2) is 0 Å². The second-order valence-corrected chi connectivity index (χ2v) is 6.66. The van der Waals surface area contributed by atoms with Crippen molar-refractivity contribution in [3.05, 3.63) is 29.3 Å². The summed E-state index contributed by atoms with van der Waals surface area (Å²) >= 11 is 0. The van der Waals surface area contributed by atoms with Crippen molar-refractivity contribution in [2.75, 3.05) is 26.2 Å². The van der Waals surface area contributed by atoms with Crippen LogP contribution < -0.4 is 10.1 Å². The van der Waals surface area contributed by atoms with Gasteiger partial charge in [0.2, 0.25) is 11.8 Å². The Kier molecular flexibility index (Phi) is 5.38. The SMILES string of the molecule is CCCNC(=O)C1CCN(C(=O)Cc2ccc3c(c2)CCO3)CC1. The van der Waals surface area contributed by atoms with E-state index in [1.165, 1.54) is 5.56 Å². The van der Waals surface area contributed by atoms with E-state index in [0.29, 0.717) is 19.5 Å². The van der Waals surface area contributed by atoms with E-state index in [1.807, 2.05) is 24.0 Å². The summed E-state index contributed by atoms with van der Waals surface area (Å²) in [6.45, 7) is 4.88. The Hall–Kier alpha value is -2.04. The highest BCUT2D eigenvalue weighted by molar-refractivity contribution is 5.81. The molecule has 0 aromatic heterocycles. The summed E-state index contributed by atoms with van der Waals surface area (Å²) in [6, 6.07) is 6.04. The minimum atomic E-state index is 0.0535. The summed E-state index contributed by atoms with van der Waals surface area (Å²) in [4.78, 5) is 26.4. The number of carbonyl (C=O) groups is 2. The van der Waals surface area contributed by atoms with E-state index in [2.05, 4.69) is 11.4 Å². The molecular formula is C19H26N2O3. The number of likely N-dealkylation sites (tertiary alicyclic amines) is 1. The average Bonchev–Trinajstić information content (AvgIpc) is 3.07. The molecule has 24 heavy (non-hydrogen) atoms. The van der Waals surface area contributed by atoms with Crippen LogP contribution in [0.3, 0.4) is 0 Å². The number of hydrogen-bond acceptors (Lipinski definition) is 3. The van der Waals surface area contributed by atoms with Crippen molar-refractivity contribution in [3.8, 4) is 5.75 Å². The van der Waals surface area contributed by atoms with Crippen LogP contribution in [0.15, 0.2) is 18.2 Å². The number of benzene rings is 1. The fraction of sp³-hybridized carbons (Fsp3) is 0.579. The number of carbonyl (C=O) groups excluding carboxylic acids is 2. The van der Waals surface area contributed by atoms with E-state index in [1.54, 1.807) is 0 Å². The monoisotopic (exact) mass is 330 g/mol. The van der Waals surface area contributed by atoms with Crippen molar-refractivity contribution in [2.45, 2.75) is 39.0 Å². The first-order valence-electron chi connectivity index (χ1n) is 8.97. The Bertz CT molecular complexity index is 607. The highest BCUT2D eigenvalue weighted by Gasteiger charge is 2.27. The van der Waals surface area contributed by atoms with Gasteiger partial charge in [0.1, 0.15) is 5.75 Å². The summed E-state index contributed by atoms with van der Waals surface area (Å²) in [7, 11) is 0. The van der Waals surface area contributed by atoms with Crippen LogP contribution in [0, 0.1) is 5.92 Å². The second-order valence-electron chi connectivity index (χ2n) is 6.66. The number of nitrogens with one attached hydrogen (secondary N) is 1. The van der Waals surface area contributed by atoms with E-state index in [4.69, 9.17) is 4.74 Å². The van der Waals surface area contributed by atoms with Crippen LogP contribution in [0.4, 0.5) is 0 Å². The number of fused-ring (bicyclic) bond motifs is 1. The van der Waals surface area contributed by atoms with Crippen LogP contribution in [0.2, 0.25) is 0 Å². The lowest BCUT2D eigenvalue weighted by Crippen LogP contribution is -2.43. The van der Waals surface area contributed by atoms with Crippen LogP contribution in [0.25, 0.3) is 0 Å². The molecule has 2 aliphatic heterocycles. The quantitative estimate of drug-likeness (QED) is 0.897. The second kappa shape index (κ2) is 7.69. The Labute approximate surface area is 143 Å². The van der Waals surface area contributed by atoms with Gasteiger partial charge in [0.05, 0.1) is 13.0 Å². The third kappa shape index (κ3) is 3.89. The molecule has 2 amide bonds. The molecule has 1 aromatic rings. The zero-order valence-corrected chi connectivity index (χ0v) is 14.3. The summed E-state index contributed by atoms with van der Waals surface area (Å²) in [5.74, 6) is 1.30. The standard InChI is InChI=1S/C19H26N2O3/c1-2-8-20-19(23)15-5-9-21(10-6-15)18(22)13-14-3-4-17-16(12-14)7-11-24-17/h3-4,12,15H,2,5-11,13H2,1H3,(H,20,23). The molecule has 0 saturated carbocycles. The van der Waals surface area contributed by atoms with E-state index in [0.717, 1.165) is 50.1 Å². The summed E-state index contributed by atoms with van der Waals surface area (Å²) in [6.07, 6.45) is 3.84. The van der Waals surface area contributed by atoms with E-state index in [9.17, 15) is 9.59 Å². The third-order valence-corrected chi connectivity index (χ3v) is 4.88. The third-order valence-electron chi connectivity index (χ3n) is 4.88. The smallest absolute Gasteiger partial charge is 0.226 e. The van der Waals surface area contributed by atoms with Gasteiger partial charge in [-0.1, -0.05) is 19.1 Å². The predicted molar refractivity (Wildman–Crippen MR) is 91.9 cm³/mol. The highest BCUT2D eigenvalue weighted by atomic mass is 16.5. The van der Waals surface area contributed by atoms with Gasteiger partial charge in [-0.05, 0) is 36.5 Å². The summed E-state index contributed by atoms with van der Waals surface area (Å²) < 4.78 is 5.50. The van der Waals surface area contributed by atoms with Gasteiger partial charge in [0, 0.05) is 32.0 Å². The number of piperidine rings is 1. The van der Waals surface area contributed by atoms with Gasteiger partial charge in [0.15, 0.2) is 0 Å². The van der Waals surface area contributed by atoms with Gasteiger partial charge < -0.3 is 15.0 Å². The first kappa shape index (κ1) is 16.8. The Morgan fingerprint density at radius 1 is 1.29 bits per heavy atom. The minimum Gasteiger partial charge on any atom is -0.493 e. The highest BCUT2D eigenvalue weighted by Crippen LogP contribution is 2.26. The van der Waals surface area contributed by atoms with Crippen molar-refractivity contribution in [1.82, 2.24) is 10.2 Å². The molecular weight excluding hydrogens is 304 g/mol. The van der Waals surface area contributed by atoms with Gasteiger partial charge in [-0.2, -0.15) is 0 Å². The number of rotatable bonds is 5. The van der Waals surface area contributed by atoms with Crippen molar-refractivity contribution >= 4 is 11.8 Å². The lowest BCUT2D eigenvalue weighted by molar-refractivity contribution is -0.135. The lowest BCUT2D eigenvalue weighted by atomic mass is 9.95. The van der Waals surface area contributed by atoms with Gasteiger partial charge in [-0.15, -0.1) is 0 Å². The molecule has 5 nitrogen and oxygen atoms in total. The van der Waals surface area contributed by atoms with Crippen LogP contribution in [0.1, 0.15) is 37.3 Å². The molecule has 0 bridgehead atoms. The molecule has 5 heteroatoms. The maximum Gasteiger partial charge on any atom is 0.226 e.